The van der Waals surface area contributed by atoms with Crippen molar-refractivity contribution >= 4 is 8.41 Å². The summed E-state index contributed by atoms with van der Waals surface area (Å²) >= 11 is 0. The molecular weight excluding hydrogens is 187 g/mol. The van der Waals surface area contributed by atoms with Crippen LogP contribution in [0.15, 0.2) is 31.1 Å². The van der Waals surface area contributed by atoms with E-state index < -0.39 is 0 Å². The van der Waals surface area contributed by atoms with Crippen LogP contribution in [0.3, 0.4) is 0 Å². The Bertz CT molecular complexity index is 323. The van der Waals surface area contributed by atoms with E-state index in [2.05, 4.69) is 9.97 Å². The zero-order valence-corrected chi connectivity index (χ0v) is 8.75. The van der Waals surface area contributed by atoms with E-state index in [-0.39, 0.29) is 15.8 Å². The van der Waals surface area contributed by atoms with Gasteiger partial charge in [0.05, 0.1) is 6.33 Å². The molecule has 5 heteroatoms. The van der Waals surface area contributed by atoms with Gasteiger partial charge in [-0.3, -0.25) is 0 Å². The van der Waals surface area contributed by atoms with E-state index in [1.807, 2.05) is 42.5 Å². The molecule has 2 rings (SSSR count). The second-order valence-corrected chi connectivity index (χ2v) is 2.81. The van der Waals surface area contributed by atoms with Gasteiger partial charge in [-0.15, -0.1) is 0 Å². The Balaban J connectivity index is 0. The van der Waals surface area contributed by atoms with Gasteiger partial charge in [-0.1, -0.05) is 7.43 Å². The molecule has 0 saturated carbocycles. The molecule has 2 aromatic heterocycles. The molecule has 3 radical (unpaired) electrons. The summed E-state index contributed by atoms with van der Waals surface area (Å²) in [7, 11) is 3.91. The molecule has 0 aromatic carbocycles. The Morgan fingerprint density at radius 2 is 1.80 bits per heavy atom. The normalized spacial score (nSPS) is 7.93. The van der Waals surface area contributed by atoms with Gasteiger partial charge in [0.25, 0.3) is 0 Å². The lowest BCUT2D eigenvalue weighted by Gasteiger charge is -1.87. The highest BCUT2D eigenvalue weighted by atomic mass is 15.0. The van der Waals surface area contributed by atoms with Crippen LogP contribution in [0.2, 0.25) is 0 Å². The van der Waals surface area contributed by atoms with Crippen LogP contribution in [0.5, 0.6) is 0 Å². The van der Waals surface area contributed by atoms with E-state index in [1.165, 1.54) is 0 Å². The number of hydrogen-bond acceptors (Lipinski definition) is 2. The molecular formula is C10H18BN4. The first-order valence-corrected chi connectivity index (χ1v) is 4.06. The molecule has 81 valence electrons. The molecule has 0 N–H and O–H groups in total. The molecule has 0 bridgehead atoms. The molecule has 2 heterocycles. The summed E-state index contributed by atoms with van der Waals surface area (Å²) in [4.78, 5) is 7.76. The molecule has 0 aliphatic carbocycles. The van der Waals surface area contributed by atoms with E-state index in [0.29, 0.717) is 0 Å². The molecule has 0 amide bonds. The summed E-state index contributed by atoms with van der Waals surface area (Å²) in [5.74, 6) is 1.06. The molecule has 4 nitrogen and oxygen atoms in total. The molecule has 0 aliphatic heterocycles. The zero-order valence-electron chi connectivity index (χ0n) is 8.75. The SMILES string of the molecule is C.Cc1nccn1C.Cn1ccnc1.[B]. The van der Waals surface area contributed by atoms with Crippen molar-refractivity contribution in [3.8, 4) is 0 Å². The highest BCUT2D eigenvalue weighted by Crippen LogP contribution is 1.86. The average molecular weight is 205 g/mol. The smallest absolute Gasteiger partial charge is 0.105 e. The molecule has 0 spiro atoms. The van der Waals surface area contributed by atoms with Crippen LogP contribution in [0.4, 0.5) is 0 Å². The predicted molar refractivity (Wildman–Crippen MR) is 63.6 cm³/mol. The number of aryl methyl sites for hydroxylation is 3. The molecule has 2 aromatic rings. The topological polar surface area (TPSA) is 35.6 Å². The van der Waals surface area contributed by atoms with Crippen molar-refractivity contribution in [2.24, 2.45) is 14.1 Å². The highest BCUT2D eigenvalue weighted by molar-refractivity contribution is 5.75. The Morgan fingerprint density at radius 3 is 1.93 bits per heavy atom. The minimum absolute atomic E-state index is 0. The number of aromatic nitrogens is 4. The monoisotopic (exact) mass is 205 g/mol. The molecule has 0 unspecified atom stereocenters. The number of imidazole rings is 2. The minimum atomic E-state index is 0. The van der Waals surface area contributed by atoms with Crippen LogP contribution < -0.4 is 0 Å². The van der Waals surface area contributed by atoms with Gasteiger partial charge < -0.3 is 9.13 Å². The summed E-state index contributed by atoms with van der Waals surface area (Å²) < 4.78 is 3.86. The highest BCUT2D eigenvalue weighted by Gasteiger charge is 1.83. The maximum Gasteiger partial charge on any atom is 0.105 e. The third-order valence-corrected chi connectivity index (χ3v) is 1.70. The summed E-state index contributed by atoms with van der Waals surface area (Å²) in [5, 5.41) is 0. The van der Waals surface area contributed by atoms with E-state index in [4.69, 9.17) is 0 Å². The standard InChI is InChI=1S/C5H8N2.C4H6N2.CH4.B/c1-5-6-3-4-7(5)2;1-6-3-2-5-4-6;;/h3-4H,1-2H3;2-4H,1H3;1H4;. The van der Waals surface area contributed by atoms with Gasteiger partial charge in [0, 0.05) is 47.3 Å². The summed E-state index contributed by atoms with van der Waals surface area (Å²) in [6, 6.07) is 0. The van der Waals surface area contributed by atoms with Gasteiger partial charge in [0.1, 0.15) is 5.82 Å². The van der Waals surface area contributed by atoms with E-state index in [0.717, 1.165) is 5.82 Å². The van der Waals surface area contributed by atoms with Gasteiger partial charge in [0.15, 0.2) is 0 Å². The zero-order chi connectivity index (χ0) is 9.68. The molecule has 0 atom stereocenters. The average Bonchev–Trinajstić information content (AvgIpc) is 2.67. The summed E-state index contributed by atoms with van der Waals surface area (Å²) in [6.45, 7) is 1.97. The summed E-state index contributed by atoms with van der Waals surface area (Å²) in [5.41, 5.74) is 0. The second kappa shape index (κ2) is 7.85. The van der Waals surface area contributed by atoms with Crippen molar-refractivity contribution in [2.75, 3.05) is 0 Å². The predicted octanol–water partition coefficient (Wildman–Crippen LogP) is 1.40. The lowest BCUT2D eigenvalue weighted by molar-refractivity contribution is 0.858. The first-order chi connectivity index (χ1) is 6.20. The second-order valence-electron chi connectivity index (χ2n) is 2.81. The lowest BCUT2D eigenvalue weighted by Crippen LogP contribution is -1.86. The maximum absolute atomic E-state index is 3.98. The summed E-state index contributed by atoms with van der Waals surface area (Å²) in [6.07, 6.45) is 9.10. The van der Waals surface area contributed by atoms with Crippen LogP contribution in [0.1, 0.15) is 13.3 Å². The number of rotatable bonds is 0. The van der Waals surface area contributed by atoms with Crippen LogP contribution in [-0.4, -0.2) is 27.5 Å². The van der Waals surface area contributed by atoms with E-state index >= 15 is 0 Å². The Morgan fingerprint density at radius 1 is 1.13 bits per heavy atom. The minimum Gasteiger partial charge on any atom is -0.341 e. The van der Waals surface area contributed by atoms with Crippen molar-refractivity contribution in [1.82, 2.24) is 19.1 Å². The quantitative estimate of drug-likeness (QED) is 0.609. The maximum atomic E-state index is 3.98. The largest absolute Gasteiger partial charge is 0.341 e. The fraction of sp³-hybridized carbons (Fsp3) is 0.400. The van der Waals surface area contributed by atoms with Crippen LogP contribution in [0.25, 0.3) is 0 Å². The Hall–Kier alpha value is -1.52. The number of hydrogen-bond donors (Lipinski definition) is 0. The lowest BCUT2D eigenvalue weighted by atomic mass is 10.7. The van der Waals surface area contributed by atoms with Crippen LogP contribution in [-0.2, 0) is 14.1 Å². The Kier molecular flexibility index (Phi) is 8.34. The third-order valence-electron chi connectivity index (χ3n) is 1.70. The van der Waals surface area contributed by atoms with Crippen molar-refractivity contribution in [3.63, 3.8) is 0 Å². The molecule has 15 heavy (non-hydrogen) atoms. The van der Waals surface area contributed by atoms with Crippen molar-refractivity contribution in [3.05, 3.63) is 36.9 Å². The van der Waals surface area contributed by atoms with E-state index in [1.54, 1.807) is 18.7 Å². The van der Waals surface area contributed by atoms with Crippen molar-refractivity contribution in [2.45, 2.75) is 14.4 Å². The van der Waals surface area contributed by atoms with Gasteiger partial charge in [-0.25, -0.2) is 9.97 Å². The van der Waals surface area contributed by atoms with E-state index in [9.17, 15) is 0 Å². The van der Waals surface area contributed by atoms with Gasteiger partial charge >= 0.3 is 0 Å². The fourth-order valence-electron chi connectivity index (χ4n) is 0.766. The fourth-order valence-corrected chi connectivity index (χ4v) is 0.766. The number of nitrogens with zero attached hydrogens (tertiary/aromatic N) is 4. The van der Waals surface area contributed by atoms with Crippen LogP contribution in [0, 0.1) is 6.92 Å². The first-order valence-electron chi connectivity index (χ1n) is 4.06. The van der Waals surface area contributed by atoms with Crippen molar-refractivity contribution < 1.29 is 0 Å². The molecule has 0 aliphatic rings. The van der Waals surface area contributed by atoms with Gasteiger partial charge in [0.2, 0.25) is 0 Å². The van der Waals surface area contributed by atoms with Gasteiger partial charge in [-0.05, 0) is 6.92 Å². The molecule has 0 saturated heterocycles. The first kappa shape index (κ1) is 15.9. The Labute approximate surface area is 93.6 Å². The molecule has 0 fully saturated rings. The van der Waals surface area contributed by atoms with Crippen LogP contribution >= 0.6 is 0 Å². The third kappa shape index (κ3) is 5.72. The van der Waals surface area contributed by atoms with Gasteiger partial charge in [-0.2, -0.15) is 0 Å². The van der Waals surface area contributed by atoms with Crippen molar-refractivity contribution in [1.29, 1.82) is 0 Å².